The number of carboxylic acid groups (broad SMARTS) is 1. The van der Waals surface area contributed by atoms with Crippen molar-refractivity contribution in [2.45, 2.75) is 83.5 Å². The average molecular weight is 455 g/mol. The van der Waals surface area contributed by atoms with Crippen molar-refractivity contribution in [1.82, 2.24) is 20.1 Å². The molecule has 0 atom stereocenters. The highest BCUT2D eigenvalue weighted by Crippen LogP contribution is 2.45. The standard InChI is InChI=1S/C23H30N6O4/c1-4-18(30)25-15-8-23(9-15)10-17(28-33-23)16-11-24-21-19(12(3)27-29(21)5-2)20(16)26-14-6-13(7-14)22(31)32/h11,13-15H,4-10H2,1-3H3,(H,24,26)(H,25,30)(H,31,32). The summed E-state index contributed by atoms with van der Waals surface area (Å²) < 4.78 is 1.88. The number of nitrogens with zero attached hydrogens (tertiary/aromatic N) is 4. The number of rotatable bonds is 7. The van der Waals surface area contributed by atoms with Crippen LogP contribution in [0.1, 0.15) is 63.6 Å². The first-order valence-electron chi connectivity index (χ1n) is 11.7. The van der Waals surface area contributed by atoms with Gasteiger partial charge in [0.05, 0.1) is 28.4 Å². The molecule has 10 heteroatoms. The number of fused-ring (bicyclic) bond motifs is 1. The molecule has 2 saturated carbocycles. The highest BCUT2D eigenvalue weighted by atomic mass is 16.7. The molecule has 3 aliphatic rings. The van der Waals surface area contributed by atoms with Gasteiger partial charge in [0.2, 0.25) is 5.91 Å². The minimum absolute atomic E-state index is 0.0544. The highest BCUT2D eigenvalue weighted by molar-refractivity contribution is 6.11. The zero-order valence-electron chi connectivity index (χ0n) is 19.2. The third-order valence-electron chi connectivity index (χ3n) is 7.14. The van der Waals surface area contributed by atoms with Crippen LogP contribution in [0.5, 0.6) is 0 Å². The number of hydrogen-bond acceptors (Lipinski definition) is 7. The van der Waals surface area contributed by atoms with Gasteiger partial charge in [0.1, 0.15) is 5.60 Å². The van der Waals surface area contributed by atoms with Gasteiger partial charge in [-0.2, -0.15) is 5.10 Å². The van der Waals surface area contributed by atoms with Gasteiger partial charge in [0.25, 0.3) is 0 Å². The predicted octanol–water partition coefficient (Wildman–Crippen LogP) is 2.59. The molecule has 0 unspecified atom stereocenters. The predicted molar refractivity (Wildman–Crippen MR) is 122 cm³/mol. The first-order chi connectivity index (χ1) is 15.8. The number of aliphatic carboxylic acids is 1. The normalized spacial score (nSPS) is 28.1. The summed E-state index contributed by atoms with van der Waals surface area (Å²) >= 11 is 0. The third kappa shape index (κ3) is 3.71. The summed E-state index contributed by atoms with van der Waals surface area (Å²) in [7, 11) is 0. The molecule has 10 nitrogen and oxygen atoms in total. The summed E-state index contributed by atoms with van der Waals surface area (Å²) in [4.78, 5) is 33.6. The Balaban J connectivity index is 1.41. The van der Waals surface area contributed by atoms with Crippen molar-refractivity contribution in [3.05, 3.63) is 17.5 Å². The number of pyridine rings is 1. The topological polar surface area (TPSA) is 131 Å². The second kappa shape index (κ2) is 8.00. The lowest BCUT2D eigenvalue weighted by Gasteiger charge is -2.42. The van der Waals surface area contributed by atoms with Crippen LogP contribution in [0.3, 0.4) is 0 Å². The van der Waals surface area contributed by atoms with Crippen LogP contribution in [-0.2, 0) is 21.0 Å². The van der Waals surface area contributed by atoms with E-state index in [2.05, 4.69) is 20.9 Å². The van der Waals surface area contributed by atoms with E-state index < -0.39 is 5.97 Å². The molecule has 2 fully saturated rings. The lowest BCUT2D eigenvalue weighted by molar-refractivity contribution is -0.144. The van der Waals surface area contributed by atoms with Crippen LogP contribution in [0.15, 0.2) is 11.4 Å². The van der Waals surface area contributed by atoms with E-state index in [1.54, 1.807) is 0 Å². The summed E-state index contributed by atoms with van der Waals surface area (Å²) in [5.74, 6) is -0.990. The lowest BCUT2D eigenvalue weighted by Crippen LogP contribution is -2.55. The van der Waals surface area contributed by atoms with Gasteiger partial charge in [0.15, 0.2) is 5.65 Å². The molecule has 1 aliphatic heterocycles. The molecule has 2 aliphatic carbocycles. The van der Waals surface area contributed by atoms with Gasteiger partial charge in [-0.25, -0.2) is 9.67 Å². The fourth-order valence-electron chi connectivity index (χ4n) is 5.20. The first-order valence-corrected chi connectivity index (χ1v) is 11.7. The molecule has 3 heterocycles. The van der Waals surface area contributed by atoms with E-state index in [9.17, 15) is 14.7 Å². The summed E-state index contributed by atoms with van der Waals surface area (Å²) in [5.41, 5.74) is 3.90. The van der Waals surface area contributed by atoms with E-state index in [1.807, 2.05) is 31.6 Å². The molecule has 1 amide bonds. The van der Waals surface area contributed by atoms with Crippen LogP contribution in [0.25, 0.3) is 11.0 Å². The number of carboxylic acids is 1. The van der Waals surface area contributed by atoms with Gasteiger partial charge < -0.3 is 20.6 Å². The van der Waals surface area contributed by atoms with Crippen LogP contribution in [0, 0.1) is 12.8 Å². The van der Waals surface area contributed by atoms with Crippen molar-refractivity contribution in [2.75, 3.05) is 5.32 Å². The summed E-state index contributed by atoms with van der Waals surface area (Å²) in [5, 5.41) is 25.9. The van der Waals surface area contributed by atoms with E-state index in [1.165, 1.54) is 0 Å². The van der Waals surface area contributed by atoms with Gasteiger partial charge in [0, 0.05) is 56.1 Å². The number of aromatic nitrogens is 3. The number of carbonyl (C=O) groups is 2. The van der Waals surface area contributed by atoms with E-state index >= 15 is 0 Å². The lowest BCUT2D eigenvalue weighted by atomic mass is 9.72. The molecule has 3 N–H and O–H groups in total. The SMILES string of the molecule is CCC(=O)NC1CC2(CC(c3cnc4c(c(C)nn4CC)c3NC3CC(C(=O)O)C3)=NO2)C1. The molecule has 176 valence electrons. The summed E-state index contributed by atoms with van der Waals surface area (Å²) in [6.45, 7) is 6.55. The third-order valence-corrected chi connectivity index (χ3v) is 7.14. The number of amides is 1. The molecule has 0 radical (unpaired) electrons. The van der Waals surface area contributed by atoms with Crippen molar-refractivity contribution in [3.63, 3.8) is 0 Å². The monoisotopic (exact) mass is 454 g/mol. The molecule has 33 heavy (non-hydrogen) atoms. The Labute approximate surface area is 191 Å². The Bertz CT molecular complexity index is 1140. The van der Waals surface area contributed by atoms with Crippen molar-refractivity contribution in [1.29, 1.82) is 0 Å². The fraction of sp³-hybridized carbons (Fsp3) is 0.609. The van der Waals surface area contributed by atoms with Crippen LogP contribution in [0.4, 0.5) is 5.69 Å². The number of aryl methyl sites for hydroxylation is 2. The molecule has 2 aromatic rings. The molecule has 2 aromatic heterocycles. The second-order valence-corrected chi connectivity index (χ2v) is 9.51. The number of anilines is 1. The van der Waals surface area contributed by atoms with Crippen molar-refractivity contribution >= 4 is 34.3 Å². The molecule has 1 spiro atoms. The maximum absolute atomic E-state index is 11.7. The Kier molecular flexibility index (Phi) is 5.25. The Morgan fingerprint density at radius 3 is 2.70 bits per heavy atom. The zero-order valence-corrected chi connectivity index (χ0v) is 19.2. The molecular formula is C23H30N6O4. The minimum Gasteiger partial charge on any atom is -0.481 e. The fourth-order valence-corrected chi connectivity index (χ4v) is 5.20. The van der Waals surface area contributed by atoms with E-state index in [4.69, 9.17) is 9.82 Å². The maximum Gasteiger partial charge on any atom is 0.306 e. The number of nitrogens with one attached hydrogen (secondary N) is 2. The van der Waals surface area contributed by atoms with Gasteiger partial charge in [-0.15, -0.1) is 0 Å². The van der Waals surface area contributed by atoms with Gasteiger partial charge in [-0.1, -0.05) is 12.1 Å². The van der Waals surface area contributed by atoms with E-state index in [-0.39, 0.29) is 29.5 Å². The number of hydrogen-bond donors (Lipinski definition) is 3. The number of carbonyl (C=O) groups excluding carboxylic acids is 1. The zero-order chi connectivity index (χ0) is 23.3. The minimum atomic E-state index is -0.742. The van der Waals surface area contributed by atoms with Crippen molar-refractivity contribution < 1.29 is 19.5 Å². The maximum atomic E-state index is 11.7. The van der Waals surface area contributed by atoms with Gasteiger partial charge in [-0.3, -0.25) is 9.59 Å². The molecule has 0 saturated heterocycles. The van der Waals surface area contributed by atoms with Crippen molar-refractivity contribution in [2.24, 2.45) is 11.1 Å². The van der Waals surface area contributed by atoms with Crippen molar-refractivity contribution in [3.8, 4) is 0 Å². The molecule has 0 aromatic carbocycles. The smallest absolute Gasteiger partial charge is 0.306 e. The first kappa shape index (κ1) is 21.7. The molecule has 0 bridgehead atoms. The van der Waals surface area contributed by atoms with E-state index in [0.29, 0.717) is 32.2 Å². The highest BCUT2D eigenvalue weighted by Gasteiger charge is 2.51. The quantitative estimate of drug-likeness (QED) is 0.586. The van der Waals surface area contributed by atoms with Crippen LogP contribution in [0.2, 0.25) is 0 Å². The second-order valence-electron chi connectivity index (χ2n) is 9.51. The van der Waals surface area contributed by atoms with Crippen LogP contribution < -0.4 is 10.6 Å². The summed E-state index contributed by atoms with van der Waals surface area (Å²) in [6.07, 6.45) is 5.59. The van der Waals surface area contributed by atoms with Gasteiger partial charge in [-0.05, 0) is 26.7 Å². The molecular weight excluding hydrogens is 424 g/mol. The number of oxime groups is 1. The van der Waals surface area contributed by atoms with E-state index in [0.717, 1.165) is 46.5 Å². The van der Waals surface area contributed by atoms with Gasteiger partial charge >= 0.3 is 5.97 Å². The molecule has 5 rings (SSSR count). The summed E-state index contributed by atoms with van der Waals surface area (Å²) in [6, 6.07) is 0.201. The average Bonchev–Trinajstić information content (AvgIpc) is 3.31. The Morgan fingerprint density at radius 2 is 2.03 bits per heavy atom. The Morgan fingerprint density at radius 1 is 1.27 bits per heavy atom. The van der Waals surface area contributed by atoms with Crippen LogP contribution >= 0.6 is 0 Å². The Hall–Kier alpha value is -3.17. The van der Waals surface area contributed by atoms with Crippen LogP contribution in [-0.4, -0.2) is 55.1 Å². The largest absolute Gasteiger partial charge is 0.481 e.